The number of carbonyl (C=O) groups is 3. The highest BCUT2D eigenvalue weighted by molar-refractivity contribution is 6.05. The van der Waals surface area contributed by atoms with Gasteiger partial charge < -0.3 is 14.9 Å². The largest absolute Gasteiger partial charge is 0.396 e. The van der Waals surface area contributed by atoms with Crippen LogP contribution in [0.15, 0.2) is 18.2 Å². The average molecular weight is 357 g/mol. The minimum atomic E-state index is -0.573. The van der Waals surface area contributed by atoms with E-state index in [0.717, 1.165) is 37.2 Å². The van der Waals surface area contributed by atoms with Gasteiger partial charge in [-0.2, -0.15) is 0 Å². The van der Waals surface area contributed by atoms with E-state index in [-0.39, 0.29) is 30.7 Å². The van der Waals surface area contributed by atoms with Gasteiger partial charge in [0.05, 0.1) is 0 Å². The first-order valence-electron chi connectivity index (χ1n) is 9.20. The Bertz CT molecular complexity index is 755. The standard InChI is InChI=1S/C19H23N3O4/c23-11-12-5-7-21(8-6-12)14-2-1-13-10-22(19(26)15(13)9-14)16-3-4-17(24)20-18(16)25/h1-2,9,12,16,23H,3-8,10-11H2,(H,20,24,25)/t16-/m0/s1. The molecule has 7 nitrogen and oxygen atoms in total. The lowest BCUT2D eigenvalue weighted by Crippen LogP contribution is -2.52. The number of nitrogens with one attached hydrogen (secondary N) is 1. The number of fused-ring (bicyclic) bond motifs is 1. The molecule has 4 rings (SSSR count). The van der Waals surface area contributed by atoms with Crippen LogP contribution in [0.5, 0.6) is 0 Å². The first-order chi connectivity index (χ1) is 12.6. The van der Waals surface area contributed by atoms with Crippen molar-refractivity contribution in [2.24, 2.45) is 5.92 Å². The molecule has 0 bridgehead atoms. The molecule has 26 heavy (non-hydrogen) atoms. The van der Waals surface area contributed by atoms with E-state index in [0.29, 0.717) is 24.4 Å². The van der Waals surface area contributed by atoms with Gasteiger partial charge in [-0.25, -0.2) is 0 Å². The normalized spacial score (nSPS) is 24.0. The number of aliphatic hydroxyl groups is 1. The van der Waals surface area contributed by atoms with Crippen LogP contribution in [0.2, 0.25) is 0 Å². The second-order valence-electron chi connectivity index (χ2n) is 7.35. The molecule has 2 saturated heterocycles. The van der Waals surface area contributed by atoms with E-state index in [4.69, 9.17) is 0 Å². The molecule has 0 spiro atoms. The Morgan fingerprint density at radius 3 is 2.58 bits per heavy atom. The fourth-order valence-electron chi connectivity index (χ4n) is 4.11. The maximum absolute atomic E-state index is 12.9. The van der Waals surface area contributed by atoms with Gasteiger partial charge in [0.1, 0.15) is 6.04 Å². The van der Waals surface area contributed by atoms with Crippen LogP contribution in [0, 0.1) is 5.92 Å². The summed E-state index contributed by atoms with van der Waals surface area (Å²) in [4.78, 5) is 40.1. The monoisotopic (exact) mass is 357 g/mol. The van der Waals surface area contributed by atoms with Crippen molar-refractivity contribution in [3.63, 3.8) is 0 Å². The molecule has 0 aromatic heterocycles. The third kappa shape index (κ3) is 2.96. The fraction of sp³-hybridized carbons (Fsp3) is 0.526. The number of imide groups is 1. The summed E-state index contributed by atoms with van der Waals surface area (Å²) in [6.45, 7) is 2.38. The van der Waals surface area contributed by atoms with Crippen LogP contribution in [0.25, 0.3) is 0 Å². The predicted molar refractivity (Wildman–Crippen MR) is 94.5 cm³/mol. The molecule has 2 N–H and O–H groups in total. The zero-order valence-corrected chi connectivity index (χ0v) is 14.6. The molecule has 2 fully saturated rings. The molecule has 7 heteroatoms. The molecule has 0 aliphatic carbocycles. The maximum atomic E-state index is 12.9. The lowest BCUT2D eigenvalue weighted by molar-refractivity contribution is -0.136. The zero-order valence-electron chi connectivity index (χ0n) is 14.6. The Morgan fingerprint density at radius 2 is 1.88 bits per heavy atom. The van der Waals surface area contributed by atoms with Gasteiger partial charge >= 0.3 is 0 Å². The molecule has 3 heterocycles. The molecule has 138 valence electrons. The molecule has 0 saturated carbocycles. The van der Waals surface area contributed by atoms with E-state index in [1.165, 1.54) is 0 Å². The number of hydrogen-bond donors (Lipinski definition) is 2. The number of piperidine rings is 2. The summed E-state index contributed by atoms with van der Waals surface area (Å²) >= 11 is 0. The van der Waals surface area contributed by atoms with Crippen molar-refractivity contribution in [2.75, 3.05) is 24.6 Å². The van der Waals surface area contributed by atoms with Crippen LogP contribution in [0.4, 0.5) is 5.69 Å². The lowest BCUT2D eigenvalue weighted by atomic mass is 9.97. The van der Waals surface area contributed by atoms with Gasteiger partial charge in [0.25, 0.3) is 5.91 Å². The van der Waals surface area contributed by atoms with Crippen molar-refractivity contribution >= 4 is 23.4 Å². The number of nitrogens with zero attached hydrogens (tertiary/aromatic N) is 2. The highest BCUT2D eigenvalue weighted by Crippen LogP contribution is 2.31. The van der Waals surface area contributed by atoms with Crippen molar-refractivity contribution in [2.45, 2.75) is 38.3 Å². The lowest BCUT2D eigenvalue weighted by Gasteiger charge is -2.33. The minimum Gasteiger partial charge on any atom is -0.396 e. The summed E-state index contributed by atoms with van der Waals surface area (Å²) in [6, 6.07) is 5.34. The highest BCUT2D eigenvalue weighted by atomic mass is 16.3. The van der Waals surface area contributed by atoms with Crippen molar-refractivity contribution in [1.82, 2.24) is 10.2 Å². The number of aliphatic hydroxyl groups excluding tert-OH is 1. The van der Waals surface area contributed by atoms with Gasteiger partial charge in [-0.05, 0) is 42.9 Å². The number of carbonyl (C=O) groups excluding carboxylic acids is 3. The van der Waals surface area contributed by atoms with Crippen molar-refractivity contribution < 1.29 is 19.5 Å². The summed E-state index contributed by atoms with van der Waals surface area (Å²) in [6.07, 6.45) is 2.54. The number of benzene rings is 1. The molecule has 3 aliphatic rings. The number of hydrogen-bond acceptors (Lipinski definition) is 5. The van der Waals surface area contributed by atoms with Crippen molar-refractivity contribution in [3.05, 3.63) is 29.3 Å². The number of rotatable bonds is 3. The van der Waals surface area contributed by atoms with Crippen LogP contribution >= 0.6 is 0 Å². The van der Waals surface area contributed by atoms with E-state index in [2.05, 4.69) is 10.2 Å². The molecule has 3 amide bonds. The summed E-state index contributed by atoms with van der Waals surface area (Å²) in [5.41, 5.74) is 2.59. The Morgan fingerprint density at radius 1 is 1.12 bits per heavy atom. The quantitative estimate of drug-likeness (QED) is 0.776. The first-order valence-corrected chi connectivity index (χ1v) is 9.20. The molecular formula is C19H23N3O4. The second-order valence-corrected chi connectivity index (χ2v) is 7.35. The van der Waals surface area contributed by atoms with E-state index in [1.54, 1.807) is 4.90 Å². The number of anilines is 1. The summed E-state index contributed by atoms with van der Waals surface area (Å²) in [5, 5.41) is 11.6. The van der Waals surface area contributed by atoms with E-state index >= 15 is 0 Å². The van der Waals surface area contributed by atoms with E-state index < -0.39 is 6.04 Å². The summed E-state index contributed by atoms with van der Waals surface area (Å²) in [5.74, 6) is -0.426. The van der Waals surface area contributed by atoms with Crippen LogP contribution in [-0.4, -0.2) is 53.5 Å². The molecule has 1 aromatic carbocycles. The molecular weight excluding hydrogens is 334 g/mol. The van der Waals surface area contributed by atoms with Gasteiger partial charge in [-0.3, -0.25) is 19.7 Å². The maximum Gasteiger partial charge on any atom is 0.255 e. The Kier molecular flexibility index (Phi) is 4.40. The van der Waals surface area contributed by atoms with Gasteiger partial charge in [-0.1, -0.05) is 6.07 Å². The van der Waals surface area contributed by atoms with Gasteiger partial charge in [-0.15, -0.1) is 0 Å². The molecule has 0 radical (unpaired) electrons. The topological polar surface area (TPSA) is 90.0 Å². The number of amides is 3. The molecule has 1 aromatic rings. The van der Waals surface area contributed by atoms with Crippen molar-refractivity contribution in [3.8, 4) is 0 Å². The summed E-state index contributed by atoms with van der Waals surface area (Å²) in [7, 11) is 0. The third-order valence-corrected chi connectivity index (χ3v) is 5.75. The van der Waals surface area contributed by atoms with E-state index in [1.807, 2.05) is 18.2 Å². The Balaban J connectivity index is 1.51. The molecule has 0 unspecified atom stereocenters. The molecule has 1 atom stereocenters. The van der Waals surface area contributed by atoms with Crippen LogP contribution < -0.4 is 10.2 Å². The highest BCUT2D eigenvalue weighted by Gasteiger charge is 2.39. The SMILES string of the molecule is O=C1CC[C@H](N2Cc3ccc(N4CCC(CO)CC4)cc3C2=O)C(=O)N1. The Labute approximate surface area is 152 Å². The molecule has 3 aliphatic heterocycles. The third-order valence-electron chi connectivity index (χ3n) is 5.75. The van der Waals surface area contributed by atoms with Gasteiger partial charge in [0.2, 0.25) is 11.8 Å². The second kappa shape index (κ2) is 6.72. The fourth-order valence-corrected chi connectivity index (χ4v) is 4.11. The predicted octanol–water partition coefficient (Wildman–Crippen LogP) is 0.656. The van der Waals surface area contributed by atoms with Gasteiger partial charge in [0, 0.05) is 43.9 Å². The summed E-state index contributed by atoms with van der Waals surface area (Å²) < 4.78 is 0. The van der Waals surface area contributed by atoms with Crippen LogP contribution in [0.1, 0.15) is 41.6 Å². The van der Waals surface area contributed by atoms with Crippen molar-refractivity contribution in [1.29, 1.82) is 0 Å². The zero-order chi connectivity index (χ0) is 18.3. The average Bonchev–Trinajstić information content (AvgIpc) is 2.98. The van der Waals surface area contributed by atoms with Crippen LogP contribution in [-0.2, 0) is 16.1 Å². The first kappa shape index (κ1) is 17.0. The van der Waals surface area contributed by atoms with Crippen LogP contribution in [0.3, 0.4) is 0 Å². The van der Waals surface area contributed by atoms with E-state index in [9.17, 15) is 19.5 Å². The minimum absolute atomic E-state index is 0.137. The smallest absolute Gasteiger partial charge is 0.255 e. The Hall–Kier alpha value is -2.41. The van der Waals surface area contributed by atoms with Gasteiger partial charge in [0.15, 0.2) is 0 Å².